The van der Waals surface area contributed by atoms with E-state index in [0.29, 0.717) is 11.4 Å². The van der Waals surface area contributed by atoms with Gasteiger partial charge in [0.25, 0.3) is 5.91 Å². The number of nitrogens with zero attached hydrogens (tertiary/aromatic N) is 1. The summed E-state index contributed by atoms with van der Waals surface area (Å²) in [6, 6.07) is 15.5. The van der Waals surface area contributed by atoms with Crippen LogP contribution in [0.2, 0.25) is 0 Å². The van der Waals surface area contributed by atoms with Crippen molar-refractivity contribution in [3.63, 3.8) is 0 Å². The Bertz CT molecular complexity index is 843. The quantitative estimate of drug-likeness (QED) is 0.730. The number of carbonyl (C=O) groups excluding carboxylic acids is 1. The molecule has 0 aliphatic rings. The number of anilines is 1. The Kier molecular flexibility index (Phi) is 4.70. The summed E-state index contributed by atoms with van der Waals surface area (Å²) in [5.74, 6) is -1.03. The molecule has 2 N–H and O–H groups in total. The van der Waals surface area contributed by atoms with Crippen LogP contribution in [0.25, 0.3) is 11.3 Å². The molecule has 0 aliphatic carbocycles. The number of halogens is 1. The van der Waals surface area contributed by atoms with Gasteiger partial charge in [-0.05, 0) is 18.6 Å². The van der Waals surface area contributed by atoms with Gasteiger partial charge in [0.15, 0.2) is 0 Å². The third-order valence-corrected chi connectivity index (χ3v) is 3.75. The van der Waals surface area contributed by atoms with Crippen molar-refractivity contribution in [2.75, 3.05) is 5.32 Å². The topological polar surface area (TPSA) is 57.8 Å². The lowest BCUT2D eigenvalue weighted by Crippen LogP contribution is -2.15. The molecule has 0 saturated heterocycles. The van der Waals surface area contributed by atoms with Gasteiger partial charge in [-0.15, -0.1) is 0 Å². The van der Waals surface area contributed by atoms with Gasteiger partial charge in [-0.3, -0.25) is 9.89 Å². The summed E-state index contributed by atoms with van der Waals surface area (Å²) in [5.41, 5.74) is 3.00. The van der Waals surface area contributed by atoms with Crippen molar-refractivity contribution >= 4 is 11.6 Å². The van der Waals surface area contributed by atoms with E-state index >= 15 is 0 Å². The molecule has 1 heterocycles. The molecule has 0 fully saturated rings. The first-order valence-electron chi connectivity index (χ1n) is 7.89. The fourth-order valence-corrected chi connectivity index (χ4v) is 2.57. The second-order valence-electron chi connectivity index (χ2n) is 5.48. The van der Waals surface area contributed by atoms with Gasteiger partial charge in [0.05, 0.1) is 16.9 Å². The van der Waals surface area contributed by atoms with Crippen LogP contribution in [-0.2, 0) is 6.42 Å². The van der Waals surface area contributed by atoms with Crippen molar-refractivity contribution < 1.29 is 9.18 Å². The summed E-state index contributed by atoms with van der Waals surface area (Å²) in [5, 5.41) is 10.2. The molecule has 1 aromatic heterocycles. The van der Waals surface area contributed by atoms with E-state index in [-0.39, 0.29) is 5.56 Å². The van der Waals surface area contributed by atoms with E-state index < -0.39 is 11.7 Å². The summed E-state index contributed by atoms with van der Waals surface area (Å²) in [4.78, 5) is 12.5. The van der Waals surface area contributed by atoms with Crippen LogP contribution < -0.4 is 5.32 Å². The van der Waals surface area contributed by atoms with E-state index in [0.717, 1.165) is 24.1 Å². The summed E-state index contributed by atoms with van der Waals surface area (Å²) in [6.45, 7) is 2.05. The van der Waals surface area contributed by atoms with Gasteiger partial charge in [-0.25, -0.2) is 4.39 Å². The van der Waals surface area contributed by atoms with Crippen molar-refractivity contribution in [2.24, 2.45) is 0 Å². The fourth-order valence-electron chi connectivity index (χ4n) is 2.57. The third-order valence-electron chi connectivity index (χ3n) is 3.75. The molecule has 0 spiro atoms. The summed E-state index contributed by atoms with van der Waals surface area (Å²) < 4.78 is 13.9. The second-order valence-corrected chi connectivity index (χ2v) is 5.48. The van der Waals surface area contributed by atoms with Gasteiger partial charge in [-0.1, -0.05) is 55.8 Å². The van der Waals surface area contributed by atoms with Crippen LogP contribution in [0.3, 0.4) is 0 Å². The van der Waals surface area contributed by atoms with Gasteiger partial charge < -0.3 is 5.32 Å². The molecule has 4 nitrogen and oxygen atoms in total. The first-order chi connectivity index (χ1) is 11.7. The highest BCUT2D eigenvalue weighted by molar-refractivity contribution is 6.06. The number of hydrogen-bond acceptors (Lipinski definition) is 2. The van der Waals surface area contributed by atoms with Crippen LogP contribution in [0.4, 0.5) is 10.1 Å². The first kappa shape index (κ1) is 15.9. The molecule has 0 saturated carbocycles. The van der Waals surface area contributed by atoms with Crippen LogP contribution in [-0.4, -0.2) is 16.1 Å². The maximum atomic E-state index is 13.9. The molecule has 3 aromatic rings. The average Bonchev–Trinajstić information content (AvgIpc) is 2.99. The molecule has 0 bridgehead atoms. The lowest BCUT2D eigenvalue weighted by Gasteiger charge is -2.09. The van der Waals surface area contributed by atoms with Gasteiger partial charge in [0, 0.05) is 5.56 Å². The SMILES string of the molecule is CCCc1[nH]nc(-c2ccccc2)c1NC(=O)c1ccccc1F. The fraction of sp³-hybridized carbons (Fsp3) is 0.158. The zero-order chi connectivity index (χ0) is 16.9. The molecular formula is C19H18FN3O. The van der Waals surface area contributed by atoms with Crippen molar-refractivity contribution in [3.05, 3.63) is 71.7 Å². The predicted octanol–water partition coefficient (Wildman–Crippen LogP) is 4.42. The number of aromatic amines is 1. The van der Waals surface area contributed by atoms with E-state index in [4.69, 9.17) is 0 Å². The summed E-state index contributed by atoms with van der Waals surface area (Å²) in [7, 11) is 0. The highest BCUT2D eigenvalue weighted by Crippen LogP contribution is 2.30. The molecule has 0 aliphatic heterocycles. The number of aromatic nitrogens is 2. The molecular weight excluding hydrogens is 305 g/mol. The zero-order valence-corrected chi connectivity index (χ0v) is 13.3. The number of rotatable bonds is 5. The van der Waals surface area contributed by atoms with Crippen molar-refractivity contribution in [1.29, 1.82) is 0 Å². The van der Waals surface area contributed by atoms with Gasteiger partial charge in [0.1, 0.15) is 11.5 Å². The predicted molar refractivity (Wildman–Crippen MR) is 92.4 cm³/mol. The molecule has 24 heavy (non-hydrogen) atoms. The Morgan fingerprint density at radius 3 is 2.54 bits per heavy atom. The Balaban J connectivity index is 1.98. The minimum atomic E-state index is -0.545. The molecule has 0 unspecified atom stereocenters. The average molecular weight is 323 g/mol. The Morgan fingerprint density at radius 2 is 1.83 bits per heavy atom. The lowest BCUT2D eigenvalue weighted by atomic mass is 10.1. The smallest absolute Gasteiger partial charge is 0.258 e. The van der Waals surface area contributed by atoms with Crippen molar-refractivity contribution in [3.8, 4) is 11.3 Å². The van der Waals surface area contributed by atoms with Crippen molar-refractivity contribution in [1.82, 2.24) is 10.2 Å². The lowest BCUT2D eigenvalue weighted by molar-refractivity contribution is 0.102. The maximum Gasteiger partial charge on any atom is 0.258 e. The van der Waals surface area contributed by atoms with Crippen LogP contribution in [0.1, 0.15) is 29.4 Å². The van der Waals surface area contributed by atoms with Gasteiger partial charge in [0.2, 0.25) is 0 Å². The summed E-state index contributed by atoms with van der Waals surface area (Å²) in [6.07, 6.45) is 1.64. The Hall–Kier alpha value is -2.95. The van der Waals surface area contributed by atoms with Crippen molar-refractivity contribution in [2.45, 2.75) is 19.8 Å². The Labute approximate surface area is 139 Å². The molecule has 3 rings (SSSR count). The first-order valence-corrected chi connectivity index (χ1v) is 7.89. The molecule has 0 radical (unpaired) electrons. The summed E-state index contributed by atoms with van der Waals surface area (Å²) >= 11 is 0. The number of amides is 1. The molecule has 122 valence electrons. The number of aryl methyl sites for hydroxylation is 1. The highest BCUT2D eigenvalue weighted by atomic mass is 19.1. The van der Waals surface area contributed by atoms with E-state index in [2.05, 4.69) is 15.5 Å². The van der Waals surface area contributed by atoms with Gasteiger partial charge in [-0.2, -0.15) is 5.10 Å². The van der Waals surface area contributed by atoms with E-state index in [9.17, 15) is 9.18 Å². The second kappa shape index (κ2) is 7.08. The molecule has 5 heteroatoms. The van der Waals surface area contributed by atoms with E-state index in [1.54, 1.807) is 12.1 Å². The number of benzene rings is 2. The van der Waals surface area contributed by atoms with E-state index in [1.807, 2.05) is 37.3 Å². The molecule has 0 atom stereocenters. The molecule has 1 amide bonds. The highest BCUT2D eigenvalue weighted by Gasteiger charge is 2.19. The third kappa shape index (κ3) is 3.20. The number of hydrogen-bond donors (Lipinski definition) is 2. The van der Waals surface area contributed by atoms with Gasteiger partial charge >= 0.3 is 0 Å². The minimum absolute atomic E-state index is 0.0140. The maximum absolute atomic E-state index is 13.9. The van der Waals surface area contributed by atoms with Crippen LogP contribution in [0.5, 0.6) is 0 Å². The minimum Gasteiger partial charge on any atom is -0.318 e. The van der Waals surface area contributed by atoms with Crippen LogP contribution >= 0.6 is 0 Å². The van der Waals surface area contributed by atoms with E-state index in [1.165, 1.54) is 12.1 Å². The molecule has 2 aromatic carbocycles. The zero-order valence-electron chi connectivity index (χ0n) is 13.3. The Morgan fingerprint density at radius 1 is 1.12 bits per heavy atom. The number of H-pyrrole nitrogens is 1. The largest absolute Gasteiger partial charge is 0.318 e. The number of carbonyl (C=O) groups is 1. The van der Waals surface area contributed by atoms with Crippen LogP contribution in [0, 0.1) is 5.82 Å². The number of nitrogens with one attached hydrogen (secondary N) is 2. The van der Waals surface area contributed by atoms with Crippen LogP contribution in [0.15, 0.2) is 54.6 Å². The standard InChI is InChI=1S/C19H18FN3O/c1-2-8-16-18(17(23-22-16)13-9-4-3-5-10-13)21-19(24)14-11-6-7-12-15(14)20/h3-7,9-12H,2,8H2,1H3,(H,21,24)(H,22,23). The monoisotopic (exact) mass is 323 g/mol. The normalized spacial score (nSPS) is 10.6.